The fourth-order valence-corrected chi connectivity index (χ4v) is 6.08. The van der Waals surface area contributed by atoms with Gasteiger partial charge in [-0.1, -0.05) is 72.8 Å². The maximum Gasteiger partial charge on any atom is 0.508 e. The number of benzene rings is 4. The van der Waals surface area contributed by atoms with Gasteiger partial charge in [0.25, 0.3) is 5.79 Å². The first-order chi connectivity index (χ1) is 19.9. The zero-order valence-electron chi connectivity index (χ0n) is 20.8. The van der Waals surface area contributed by atoms with Crippen LogP contribution in [0, 0.1) is 0 Å². The zero-order chi connectivity index (χ0) is 29.9. The van der Waals surface area contributed by atoms with E-state index in [1.807, 2.05) is 0 Å². The van der Waals surface area contributed by atoms with Crippen molar-refractivity contribution in [3.8, 4) is 23.0 Å². The Bertz CT molecular complexity index is 1630. The molecule has 2 heterocycles. The number of fused-ring (bicyclic) bond motifs is 5. The van der Waals surface area contributed by atoms with Crippen LogP contribution in [0.4, 0.5) is 26.3 Å². The minimum Gasteiger partial charge on any atom is -0.446 e. The van der Waals surface area contributed by atoms with Crippen molar-refractivity contribution in [1.82, 2.24) is 0 Å². The quantitative estimate of drug-likeness (QED) is 0.220. The van der Waals surface area contributed by atoms with E-state index < -0.39 is 44.4 Å². The predicted molar refractivity (Wildman–Crippen MR) is 138 cm³/mol. The molecule has 0 fully saturated rings. The third-order valence-corrected chi connectivity index (χ3v) is 8.24. The van der Waals surface area contributed by atoms with Crippen molar-refractivity contribution in [2.75, 3.05) is 0 Å². The molecule has 14 heteroatoms. The van der Waals surface area contributed by atoms with E-state index in [1.165, 1.54) is 36.4 Å². The molecule has 0 bridgehead atoms. The molecule has 42 heavy (non-hydrogen) atoms. The highest BCUT2D eigenvalue weighted by Crippen LogP contribution is 2.67. The summed E-state index contributed by atoms with van der Waals surface area (Å²) in [5.74, 6) is -2.40. The Balaban J connectivity index is 1.58. The van der Waals surface area contributed by atoms with Crippen LogP contribution in [0.25, 0.3) is 0 Å². The third kappa shape index (κ3) is 4.31. The number of rotatable bonds is 6. The summed E-state index contributed by atoms with van der Waals surface area (Å²) >= 11 is -7.28. The van der Waals surface area contributed by atoms with Gasteiger partial charge in [-0.05, 0) is 17.7 Å². The van der Waals surface area contributed by atoms with Gasteiger partial charge in [0.05, 0.1) is 0 Å². The largest absolute Gasteiger partial charge is 0.508 e. The lowest BCUT2D eigenvalue weighted by Crippen LogP contribution is -2.50. The normalized spacial score (nSPS) is 22.1. The molecule has 4 aromatic carbocycles. The molecule has 4 aromatic rings. The third-order valence-electron chi connectivity index (χ3n) is 6.80. The van der Waals surface area contributed by atoms with Crippen molar-refractivity contribution >= 4 is 22.2 Å². The summed E-state index contributed by atoms with van der Waals surface area (Å²) in [7, 11) is 0. The highest BCUT2D eigenvalue weighted by atomic mass is 32.2. The lowest BCUT2D eigenvalue weighted by Gasteiger charge is -2.38. The number of halogens is 6. The SMILES string of the molecule is O=S(Oc1ccc2c(c1)OC1(c3ccccc3)Oc3cc(OS(=O)C(F)(F)F)ccc3C21c1ccccc1)C(F)(F)F. The molecule has 2 unspecified atom stereocenters. The van der Waals surface area contributed by atoms with Crippen molar-refractivity contribution in [2.45, 2.75) is 22.2 Å². The van der Waals surface area contributed by atoms with Gasteiger partial charge in [0.2, 0.25) is 0 Å². The Labute approximate surface area is 239 Å². The van der Waals surface area contributed by atoms with Gasteiger partial charge in [-0.2, -0.15) is 26.3 Å². The van der Waals surface area contributed by atoms with E-state index in [4.69, 9.17) is 9.47 Å². The summed E-state index contributed by atoms with van der Waals surface area (Å²) in [6.07, 6.45) is 0. The van der Waals surface area contributed by atoms with Gasteiger partial charge < -0.3 is 17.8 Å². The number of alkyl halides is 6. The smallest absolute Gasteiger partial charge is 0.446 e. The van der Waals surface area contributed by atoms with E-state index in [1.54, 1.807) is 60.7 Å². The number of ether oxygens (including phenoxy) is 2. The zero-order valence-corrected chi connectivity index (χ0v) is 22.4. The van der Waals surface area contributed by atoms with Crippen LogP contribution in [0.3, 0.4) is 0 Å². The average molecular weight is 627 g/mol. The van der Waals surface area contributed by atoms with Crippen LogP contribution < -0.4 is 17.8 Å². The molecule has 0 aliphatic carbocycles. The van der Waals surface area contributed by atoms with Gasteiger partial charge >= 0.3 is 33.2 Å². The summed E-state index contributed by atoms with van der Waals surface area (Å²) < 4.78 is 123. The molecule has 2 atom stereocenters. The van der Waals surface area contributed by atoms with Crippen LogP contribution >= 0.6 is 0 Å². The monoisotopic (exact) mass is 626 g/mol. The van der Waals surface area contributed by atoms with Gasteiger partial charge in [-0.3, -0.25) is 0 Å². The van der Waals surface area contributed by atoms with Crippen LogP contribution in [-0.2, 0) is 33.4 Å². The Kier molecular flexibility index (Phi) is 6.53. The van der Waals surface area contributed by atoms with Crippen molar-refractivity contribution < 1.29 is 52.6 Å². The Morgan fingerprint density at radius 2 is 0.976 bits per heavy atom. The van der Waals surface area contributed by atoms with Crippen molar-refractivity contribution in [3.05, 3.63) is 119 Å². The summed E-state index contributed by atoms with van der Waals surface area (Å²) in [6.45, 7) is 0. The molecule has 2 aliphatic heterocycles. The van der Waals surface area contributed by atoms with Gasteiger partial charge in [0.15, 0.2) is 0 Å². The maximum absolute atomic E-state index is 12.9. The van der Waals surface area contributed by atoms with E-state index >= 15 is 0 Å². The minimum absolute atomic E-state index is 0.0588. The molecule has 0 aromatic heterocycles. The predicted octanol–water partition coefficient (Wildman–Crippen LogP) is 6.78. The van der Waals surface area contributed by atoms with Crippen molar-refractivity contribution in [2.24, 2.45) is 0 Å². The lowest BCUT2D eigenvalue weighted by molar-refractivity contribution is -0.119. The van der Waals surface area contributed by atoms with Crippen LogP contribution in [0.1, 0.15) is 22.3 Å². The molecule has 6 rings (SSSR count). The average Bonchev–Trinajstić information content (AvgIpc) is 3.39. The van der Waals surface area contributed by atoms with E-state index in [9.17, 15) is 34.8 Å². The van der Waals surface area contributed by atoms with Crippen LogP contribution in [0.2, 0.25) is 0 Å². The van der Waals surface area contributed by atoms with Crippen LogP contribution in [-0.4, -0.2) is 19.4 Å². The Hall–Kier alpha value is -4.04. The lowest BCUT2D eigenvalue weighted by atomic mass is 9.64. The van der Waals surface area contributed by atoms with Gasteiger partial charge in [0, 0.05) is 28.8 Å². The maximum atomic E-state index is 12.9. The first-order valence-corrected chi connectivity index (χ1v) is 14.1. The van der Waals surface area contributed by atoms with Gasteiger partial charge in [-0.15, -0.1) is 0 Å². The molecule has 0 saturated heterocycles. The summed E-state index contributed by atoms with van der Waals surface area (Å²) in [6, 6.07) is 25.0. The van der Waals surface area contributed by atoms with Crippen LogP contribution in [0.15, 0.2) is 97.1 Å². The molecule has 6 nitrogen and oxygen atoms in total. The van der Waals surface area contributed by atoms with Crippen LogP contribution in [0.5, 0.6) is 23.0 Å². The molecule has 218 valence electrons. The number of hydrogen-bond acceptors (Lipinski definition) is 6. The molecule has 0 radical (unpaired) electrons. The summed E-state index contributed by atoms with van der Waals surface area (Å²) in [4.78, 5) is 0. The molecular weight excluding hydrogens is 610 g/mol. The van der Waals surface area contributed by atoms with Gasteiger partial charge in [-0.25, -0.2) is 8.42 Å². The summed E-state index contributed by atoms with van der Waals surface area (Å²) in [5, 5.41) is 0. The Morgan fingerprint density at radius 3 is 1.38 bits per heavy atom. The second-order valence-corrected chi connectivity index (χ2v) is 11.3. The standard InChI is InChI=1S/C28H16F6O6S2/c29-27(30,31)41(35)39-19-11-13-21-23(15-19)37-26(18-9-5-2-6-10-18)25(21,17-7-3-1-4-8-17)22-14-12-20(16-24(22)38-26)40-42(36)28(32,33)34/h1-16H. The van der Waals surface area contributed by atoms with Crippen molar-refractivity contribution in [3.63, 3.8) is 0 Å². The summed E-state index contributed by atoms with van der Waals surface area (Å²) in [5.41, 5.74) is -9.67. The first kappa shape index (κ1) is 28.1. The number of hydrogen-bond donors (Lipinski definition) is 0. The van der Waals surface area contributed by atoms with Crippen molar-refractivity contribution in [1.29, 1.82) is 0 Å². The second kappa shape index (κ2) is 9.76. The second-order valence-electron chi connectivity index (χ2n) is 9.15. The van der Waals surface area contributed by atoms with E-state index in [-0.39, 0.29) is 23.0 Å². The molecule has 0 saturated carbocycles. The van der Waals surface area contributed by atoms with E-state index in [2.05, 4.69) is 8.37 Å². The topological polar surface area (TPSA) is 71.1 Å². The highest BCUT2D eigenvalue weighted by molar-refractivity contribution is 7.81. The molecule has 0 amide bonds. The van der Waals surface area contributed by atoms with E-state index in [0.29, 0.717) is 22.3 Å². The molecular formula is C28H16F6O6S2. The first-order valence-electron chi connectivity index (χ1n) is 12.0. The minimum atomic E-state index is -5.12. The van der Waals surface area contributed by atoms with Gasteiger partial charge in [0.1, 0.15) is 28.4 Å². The molecule has 2 aliphatic rings. The molecule has 0 spiro atoms. The fourth-order valence-electron chi connectivity index (χ4n) is 5.33. The Morgan fingerprint density at radius 1 is 0.571 bits per heavy atom. The van der Waals surface area contributed by atoms with E-state index in [0.717, 1.165) is 0 Å². The fraction of sp³-hybridized carbons (Fsp3) is 0.143. The molecule has 0 N–H and O–H groups in total. The highest BCUT2D eigenvalue weighted by Gasteiger charge is 2.70.